The van der Waals surface area contributed by atoms with Gasteiger partial charge in [0.25, 0.3) is 0 Å². The van der Waals surface area contributed by atoms with E-state index in [4.69, 9.17) is 0 Å². The van der Waals surface area contributed by atoms with Crippen LogP contribution in [0.3, 0.4) is 0 Å². The standard InChI is InChI=1S/C12H25N3O/c1-4-15(3)8-7-14-12(16)11-5-6-13-10(2)9-11/h10-11,13H,4-9H2,1-3H3,(H,14,16)/t10-,11-/m0/s1. The van der Waals surface area contributed by atoms with Crippen molar-refractivity contribution in [2.24, 2.45) is 5.92 Å². The average molecular weight is 227 g/mol. The van der Waals surface area contributed by atoms with Crippen LogP contribution in [-0.2, 0) is 4.79 Å². The van der Waals surface area contributed by atoms with Crippen molar-refractivity contribution in [1.82, 2.24) is 15.5 Å². The maximum absolute atomic E-state index is 11.9. The van der Waals surface area contributed by atoms with Gasteiger partial charge in [0.15, 0.2) is 0 Å². The third-order valence-electron chi connectivity index (χ3n) is 3.33. The maximum atomic E-state index is 11.9. The molecule has 94 valence electrons. The van der Waals surface area contributed by atoms with Gasteiger partial charge in [-0.05, 0) is 39.9 Å². The Bertz CT molecular complexity index is 220. The van der Waals surface area contributed by atoms with Gasteiger partial charge in [0, 0.05) is 25.0 Å². The number of carbonyl (C=O) groups is 1. The summed E-state index contributed by atoms with van der Waals surface area (Å²) in [4.78, 5) is 14.1. The molecule has 0 spiro atoms. The first-order chi connectivity index (χ1) is 7.63. The highest BCUT2D eigenvalue weighted by Crippen LogP contribution is 2.15. The van der Waals surface area contributed by atoms with Crippen LogP contribution >= 0.6 is 0 Å². The highest BCUT2D eigenvalue weighted by atomic mass is 16.1. The van der Waals surface area contributed by atoms with Gasteiger partial charge >= 0.3 is 0 Å². The fourth-order valence-electron chi connectivity index (χ4n) is 2.04. The molecule has 1 rings (SSSR count). The zero-order valence-corrected chi connectivity index (χ0v) is 10.8. The summed E-state index contributed by atoms with van der Waals surface area (Å²) in [6.45, 7) is 7.96. The van der Waals surface area contributed by atoms with E-state index in [1.165, 1.54) is 0 Å². The van der Waals surface area contributed by atoms with E-state index in [0.717, 1.165) is 39.0 Å². The van der Waals surface area contributed by atoms with E-state index in [1.54, 1.807) is 0 Å². The Labute approximate surface area is 98.8 Å². The molecule has 16 heavy (non-hydrogen) atoms. The molecule has 4 heteroatoms. The minimum atomic E-state index is 0.211. The molecular formula is C12H25N3O. The van der Waals surface area contributed by atoms with Crippen molar-refractivity contribution >= 4 is 5.91 Å². The molecule has 1 heterocycles. The van der Waals surface area contributed by atoms with Crippen LogP contribution in [0.15, 0.2) is 0 Å². The molecule has 1 amide bonds. The molecular weight excluding hydrogens is 202 g/mol. The lowest BCUT2D eigenvalue weighted by Crippen LogP contribution is -2.43. The fraction of sp³-hybridized carbons (Fsp3) is 0.917. The van der Waals surface area contributed by atoms with E-state index in [2.05, 4.69) is 36.4 Å². The molecule has 0 saturated carbocycles. The molecule has 2 N–H and O–H groups in total. The van der Waals surface area contributed by atoms with Crippen LogP contribution in [0, 0.1) is 5.92 Å². The van der Waals surface area contributed by atoms with Crippen molar-refractivity contribution in [3.8, 4) is 0 Å². The lowest BCUT2D eigenvalue weighted by Gasteiger charge is -2.27. The molecule has 0 unspecified atom stereocenters. The molecule has 2 atom stereocenters. The van der Waals surface area contributed by atoms with Crippen LogP contribution in [0.1, 0.15) is 26.7 Å². The smallest absolute Gasteiger partial charge is 0.223 e. The van der Waals surface area contributed by atoms with Crippen LogP contribution < -0.4 is 10.6 Å². The number of rotatable bonds is 5. The molecule has 0 aromatic heterocycles. The van der Waals surface area contributed by atoms with Crippen molar-refractivity contribution in [2.75, 3.05) is 33.2 Å². The second-order valence-electron chi connectivity index (χ2n) is 4.76. The zero-order chi connectivity index (χ0) is 12.0. The molecule has 1 saturated heterocycles. The minimum absolute atomic E-state index is 0.211. The third kappa shape index (κ3) is 4.49. The van der Waals surface area contributed by atoms with Gasteiger partial charge in [0.1, 0.15) is 0 Å². The van der Waals surface area contributed by atoms with Crippen molar-refractivity contribution in [2.45, 2.75) is 32.7 Å². The lowest BCUT2D eigenvalue weighted by atomic mass is 9.92. The van der Waals surface area contributed by atoms with Crippen LogP contribution in [0.4, 0.5) is 0 Å². The van der Waals surface area contributed by atoms with Gasteiger partial charge in [-0.3, -0.25) is 4.79 Å². The largest absolute Gasteiger partial charge is 0.355 e. The van der Waals surface area contributed by atoms with Crippen molar-refractivity contribution in [3.63, 3.8) is 0 Å². The fourth-order valence-corrected chi connectivity index (χ4v) is 2.04. The first kappa shape index (κ1) is 13.5. The monoisotopic (exact) mass is 227 g/mol. The van der Waals surface area contributed by atoms with E-state index in [9.17, 15) is 4.79 Å². The SMILES string of the molecule is CCN(C)CCNC(=O)[C@H]1CCN[C@@H](C)C1. The van der Waals surface area contributed by atoms with Gasteiger partial charge in [-0.15, -0.1) is 0 Å². The van der Waals surface area contributed by atoms with Crippen molar-refractivity contribution in [1.29, 1.82) is 0 Å². The summed E-state index contributed by atoms with van der Waals surface area (Å²) < 4.78 is 0. The number of amides is 1. The number of nitrogens with one attached hydrogen (secondary N) is 2. The molecule has 1 fully saturated rings. The van der Waals surface area contributed by atoms with Gasteiger partial charge in [0.05, 0.1) is 0 Å². The summed E-state index contributed by atoms with van der Waals surface area (Å²) in [6.07, 6.45) is 1.94. The maximum Gasteiger partial charge on any atom is 0.223 e. The van der Waals surface area contributed by atoms with E-state index >= 15 is 0 Å². The van der Waals surface area contributed by atoms with Crippen LogP contribution in [0.25, 0.3) is 0 Å². The number of hydrogen-bond acceptors (Lipinski definition) is 3. The second-order valence-corrected chi connectivity index (χ2v) is 4.76. The number of hydrogen-bond donors (Lipinski definition) is 2. The Morgan fingerprint density at radius 2 is 2.31 bits per heavy atom. The Kier molecular flexibility index (Phi) is 5.77. The summed E-state index contributed by atoms with van der Waals surface area (Å²) >= 11 is 0. The predicted octanol–water partition coefficient (Wildman–Crippen LogP) is 0.442. The quantitative estimate of drug-likeness (QED) is 0.716. The number of nitrogens with zero attached hydrogens (tertiary/aromatic N) is 1. The number of likely N-dealkylation sites (N-methyl/N-ethyl adjacent to an activating group) is 1. The normalized spacial score (nSPS) is 25.8. The van der Waals surface area contributed by atoms with Crippen LogP contribution in [0.2, 0.25) is 0 Å². The molecule has 0 aromatic carbocycles. The van der Waals surface area contributed by atoms with Crippen LogP contribution in [0.5, 0.6) is 0 Å². The number of piperidine rings is 1. The summed E-state index contributed by atoms with van der Waals surface area (Å²) in [5.41, 5.74) is 0. The molecule has 0 aromatic rings. The molecule has 0 aliphatic carbocycles. The van der Waals surface area contributed by atoms with Gasteiger partial charge in [-0.2, -0.15) is 0 Å². The van der Waals surface area contributed by atoms with E-state index < -0.39 is 0 Å². The predicted molar refractivity (Wildman–Crippen MR) is 66.4 cm³/mol. The minimum Gasteiger partial charge on any atom is -0.355 e. The summed E-state index contributed by atoms with van der Waals surface area (Å²) in [7, 11) is 2.07. The third-order valence-corrected chi connectivity index (χ3v) is 3.33. The first-order valence-electron chi connectivity index (χ1n) is 6.33. The highest BCUT2D eigenvalue weighted by molar-refractivity contribution is 5.78. The molecule has 4 nitrogen and oxygen atoms in total. The van der Waals surface area contributed by atoms with E-state index in [0.29, 0.717) is 6.04 Å². The Morgan fingerprint density at radius 3 is 2.94 bits per heavy atom. The summed E-state index contributed by atoms with van der Waals surface area (Å²) in [5.74, 6) is 0.445. The van der Waals surface area contributed by atoms with E-state index in [1.807, 2.05) is 0 Å². The summed E-state index contributed by atoms with van der Waals surface area (Å²) in [5, 5.41) is 6.39. The van der Waals surface area contributed by atoms with Crippen molar-refractivity contribution < 1.29 is 4.79 Å². The number of carbonyl (C=O) groups excluding carboxylic acids is 1. The van der Waals surface area contributed by atoms with Gasteiger partial charge in [0.2, 0.25) is 5.91 Å². The topological polar surface area (TPSA) is 44.4 Å². The van der Waals surface area contributed by atoms with Crippen molar-refractivity contribution in [3.05, 3.63) is 0 Å². The summed E-state index contributed by atoms with van der Waals surface area (Å²) in [6, 6.07) is 0.475. The molecule has 1 aliphatic heterocycles. The highest BCUT2D eigenvalue weighted by Gasteiger charge is 2.24. The Balaban J connectivity index is 2.19. The molecule has 1 aliphatic rings. The average Bonchev–Trinajstić information content (AvgIpc) is 2.28. The molecule has 0 radical (unpaired) electrons. The van der Waals surface area contributed by atoms with Gasteiger partial charge < -0.3 is 15.5 Å². The zero-order valence-electron chi connectivity index (χ0n) is 10.8. The first-order valence-corrected chi connectivity index (χ1v) is 6.33. The van der Waals surface area contributed by atoms with Gasteiger partial charge in [-0.1, -0.05) is 6.92 Å². The Hall–Kier alpha value is -0.610. The Morgan fingerprint density at radius 1 is 1.56 bits per heavy atom. The second kappa shape index (κ2) is 6.86. The lowest BCUT2D eigenvalue weighted by molar-refractivity contribution is -0.126. The van der Waals surface area contributed by atoms with Gasteiger partial charge in [-0.25, -0.2) is 0 Å². The van der Waals surface area contributed by atoms with Crippen LogP contribution in [-0.4, -0.2) is 50.1 Å². The molecule has 0 bridgehead atoms. The van der Waals surface area contributed by atoms with E-state index in [-0.39, 0.29) is 11.8 Å².